The van der Waals surface area contributed by atoms with Crippen molar-refractivity contribution in [3.05, 3.63) is 30.0 Å². The van der Waals surface area contributed by atoms with Crippen molar-refractivity contribution in [2.75, 3.05) is 7.11 Å². The Labute approximate surface area is 103 Å². The summed E-state index contributed by atoms with van der Waals surface area (Å²) in [5.74, 6) is -0.674. The van der Waals surface area contributed by atoms with Crippen molar-refractivity contribution in [1.82, 2.24) is 9.97 Å². The predicted octanol–water partition coefficient (Wildman–Crippen LogP) is 0.697. The van der Waals surface area contributed by atoms with Crippen LogP contribution in [0.3, 0.4) is 0 Å². The molecule has 0 aliphatic carbocycles. The van der Waals surface area contributed by atoms with E-state index in [2.05, 4.69) is 9.97 Å². The predicted molar refractivity (Wildman–Crippen MR) is 64.2 cm³/mol. The van der Waals surface area contributed by atoms with Crippen molar-refractivity contribution < 1.29 is 14.3 Å². The highest BCUT2D eigenvalue weighted by molar-refractivity contribution is 6.12. The molecule has 6 heteroatoms. The molecular weight excluding hydrogens is 234 g/mol. The average molecular weight is 245 g/mol. The number of hydrogen-bond donors (Lipinski definition) is 1. The van der Waals surface area contributed by atoms with Gasteiger partial charge >= 0.3 is 0 Å². The molecule has 0 atom stereocenters. The average Bonchev–Trinajstić information content (AvgIpc) is 2.36. The molecule has 0 bridgehead atoms. The molecule has 0 radical (unpaired) electrons. The monoisotopic (exact) mass is 245 g/mol. The molecule has 6 nitrogen and oxygen atoms in total. The standard InChI is InChI=1S/C12H11N3O3/c1-18-11-3-2-8-12(15-11)7(4-5-14-8)9(16)6-10(13)17/h2-5H,6H2,1H3,(H2,13,17). The van der Waals surface area contributed by atoms with Crippen LogP contribution in [-0.2, 0) is 4.79 Å². The highest BCUT2D eigenvalue weighted by atomic mass is 16.5. The van der Waals surface area contributed by atoms with E-state index in [1.165, 1.54) is 19.4 Å². The Morgan fingerprint density at radius 1 is 1.33 bits per heavy atom. The minimum Gasteiger partial charge on any atom is -0.481 e. The van der Waals surface area contributed by atoms with E-state index in [0.29, 0.717) is 22.5 Å². The number of rotatable bonds is 4. The summed E-state index contributed by atoms with van der Waals surface area (Å²) in [6.07, 6.45) is 1.14. The summed E-state index contributed by atoms with van der Waals surface area (Å²) in [5, 5.41) is 0. The maximum absolute atomic E-state index is 11.9. The van der Waals surface area contributed by atoms with Gasteiger partial charge in [-0.3, -0.25) is 14.6 Å². The number of carbonyl (C=O) groups is 2. The quantitative estimate of drug-likeness (QED) is 0.631. The highest BCUT2D eigenvalue weighted by Gasteiger charge is 2.14. The van der Waals surface area contributed by atoms with Gasteiger partial charge in [-0.25, -0.2) is 4.98 Å². The molecule has 2 N–H and O–H groups in total. The third-order valence-electron chi connectivity index (χ3n) is 2.40. The smallest absolute Gasteiger partial charge is 0.225 e. The lowest BCUT2D eigenvalue weighted by molar-refractivity contribution is -0.117. The molecule has 0 spiro atoms. The van der Waals surface area contributed by atoms with E-state index in [9.17, 15) is 9.59 Å². The van der Waals surface area contributed by atoms with E-state index in [4.69, 9.17) is 10.5 Å². The van der Waals surface area contributed by atoms with Gasteiger partial charge in [0.25, 0.3) is 0 Å². The molecular formula is C12H11N3O3. The number of fused-ring (bicyclic) bond motifs is 1. The van der Waals surface area contributed by atoms with Crippen molar-refractivity contribution in [3.63, 3.8) is 0 Å². The van der Waals surface area contributed by atoms with Gasteiger partial charge in [-0.1, -0.05) is 0 Å². The fraction of sp³-hybridized carbons (Fsp3) is 0.167. The fourth-order valence-electron chi connectivity index (χ4n) is 1.60. The topological polar surface area (TPSA) is 95.2 Å². The molecule has 18 heavy (non-hydrogen) atoms. The highest BCUT2D eigenvalue weighted by Crippen LogP contribution is 2.19. The second-order valence-electron chi connectivity index (χ2n) is 3.65. The molecule has 2 rings (SSSR count). The van der Waals surface area contributed by atoms with Crippen molar-refractivity contribution >= 4 is 22.7 Å². The van der Waals surface area contributed by atoms with Crippen molar-refractivity contribution in [1.29, 1.82) is 0 Å². The number of aromatic nitrogens is 2. The second-order valence-corrected chi connectivity index (χ2v) is 3.65. The molecule has 0 aliphatic heterocycles. The summed E-state index contributed by atoms with van der Waals surface area (Å²) in [7, 11) is 1.48. The lowest BCUT2D eigenvalue weighted by Crippen LogP contribution is -2.16. The number of hydrogen-bond acceptors (Lipinski definition) is 5. The maximum atomic E-state index is 11.9. The van der Waals surface area contributed by atoms with Gasteiger partial charge < -0.3 is 10.5 Å². The van der Waals surface area contributed by atoms with Gasteiger partial charge in [0.2, 0.25) is 11.8 Å². The molecule has 0 saturated carbocycles. The van der Waals surface area contributed by atoms with Crippen LogP contribution < -0.4 is 10.5 Å². The van der Waals surface area contributed by atoms with Gasteiger partial charge in [0.05, 0.1) is 19.0 Å². The summed E-state index contributed by atoms with van der Waals surface area (Å²) < 4.78 is 5.00. The maximum Gasteiger partial charge on any atom is 0.225 e. The van der Waals surface area contributed by atoms with Crippen LogP contribution in [0.4, 0.5) is 0 Å². The number of carbonyl (C=O) groups excluding carboxylic acids is 2. The fourth-order valence-corrected chi connectivity index (χ4v) is 1.60. The Morgan fingerprint density at radius 3 is 2.78 bits per heavy atom. The molecule has 0 fully saturated rings. The van der Waals surface area contributed by atoms with Gasteiger partial charge in [0, 0.05) is 17.8 Å². The number of Topliss-reactive ketones (excluding diaryl/α,β-unsaturated/α-hetero) is 1. The third-order valence-corrected chi connectivity index (χ3v) is 2.40. The van der Waals surface area contributed by atoms with E-state index >= 15 is 0 Å². The first-order chi connectivity index (χ1) is 8.61. The van der Waals surface area contributed by atoms with Gasteiger partial charge in [-0.15, -0.1) is 0 Å². The zero-order chi connectivity index (χ0) is 13.1. The third kappa shape index (κ3) is 2.27. The number of primary amides is 1. The lowest BCUT2D eigenvalue weighted by atomic mass is 10.1. The SMILES string of the molecule is COc1ccc2nccc(C(=O)CC(N)=O)c2n1. The van der Waals surface area contributed by atoms with E-state index < -0.39 is 5.91 Å². The number of amides is 1. The molecule has 92 valence electrons. The molecule has 0 aliphatic rings. The van der Waals surface area contributed by atoms with Crippen LogP contribution in [0.15, 0.2) is 24.4 Å². The van der Waals surface area contributed by atoms with Gasteiger partial charge in [-0.2, -0.15) is 0 Å². The summed E-state index contributed by atoms with van der Waals surface area (Å²) >= 11 is 0. The van der Waals surface area contributed by atoms with Crippen molar-refractivity contribution in [2.45, 2.75) is 6.42 Å². The largest absolute Gasteiger partial charge is 0.481 e. The van der Waals surface area contributed by atoms with E-state index in [0.717, 1.165) is 0 Å². The van der Waals surface area contributed by atoms with Crippen molar-refractivity contribution in [2.24, 2.45) is 5.73 Å². The van der Waals surface area contributed by atoms with Gasteiger partial charge in [-0.05, 0) is 12.1 Å². The summed E-state index contributed by atoms with van der Waals surface area (Å²) in [5.41, 5.74) is 6.29. The first kappa shape index (κ1) is 12.0. The van der Waals surface area contributed by atoms with E-state index in [-0.39, 0.29) is 12.2 Å². The summed E-state index contributed by atoms with van der Waals surface area (Å²) in [6, 6.07) is 4.86. The van der Waals surface area contributed by atoms with Crippen LogP contribution in [0.25, 0.3) is 11.0 Å². The molecule has 2 heterocycles. The van der Waals surface area contributed by atoms with Crippen LogP contribution in [0, 0.1) is 0 Å². The minimum atomic E-state index is -0.673. The molecule has 0 unspecified atom stereocenters. The number of methoxy groups -OCH3 is 1. The Hall–Kier alpha value is -2.50. The first-order valence-corrected chi connectivity index (χ1v) is 5.23. The molecule has 0 aromatic carbocycles. The second kappa shape index (κ2) is 4.79. The molecule has 1 amide bonds. The Balaban J connectivity index is 2.55. The summed E-state index contributed by atoms with van der Waals surface area (Å²) in [4.78, 5) is 30.9. The van der Waals surface area contributed by atoms with E-state index in [1.54, 1.807) is 12.1 Å². The Kier molecular flexibility index (Phi) is 3.18. The number of ether oxygens (including phenoxy) is 1. The Bertz CT molecular complexity index is 625. The first-order valence-electron chi connectivity index (χ1n) is 5.23. The number of ketones is 1. The normalized spacial score (nSPS) is 10.3. The van der Waals surface area contributed by atoms with Crippen LogP contribution >= 0.6 is 0 Å². The molecule has 2 aromatic heterocycles. The Morgan fingerprint density at radius 2 is 2.11 bits per heavy atom. The van der Waals surface area contributed by atoms with Gasteiger partial charge in [0.1, 0.15) is 5.52 Å². The minimum absolute atomic E-state index is 0.317. The number of nitrogens with two attached hydrogens (primary N) is 1. The zero-order valence-electron chi connectivity index (χ0n) is 9.71. The number of nitrogens with zero attached hydrogens (tertiary/aromatic N) is 2. The lowest BCUT2D eigenvalue weighted by Gasteiger charge is -2.05. The van der Waals surface area contributed by atoms with Crippen LogP contribution in [0.2, 0.25) is 0 Å². The van der Waals surface area contributed by atoms with E-state index in [1.807, 2.05) is 0 Å². The van der Waals surface area contributed by atoms with Crippen LogP contribution in [-0.4, -0.2) is 28.8 Å². The van der Waals surface area contributed by atoms with Crippen molar-refractivity contribution in [3.8, 4) is 5.88 Å². The van der Waals surface area contributed by atoms with Gasteiger partial charge in [0.15, 0.2) is 5.78 Å². The van der Waals surface area contributed by atoms with Crippen LogP contribution in [0.5, 0.6) is 5.88 Å². The molecule has 0 saturated heterocycles. The summed E-state index contributed by atoms with van der Waals surface area (Å²) in [6.45, 7) is 0. The van der Waals surface area contributed by atoms with Crippen LogP contribution in [0.1, 0.15) is 16.8 Å². The number of pyridine rings is 2. The molecule has 2 aromatic rings. The zero-order valence-corrected chi connectivity index (χ0v) is 9.71.